The quantitative estimate of drug-likeness (QED) is 0.755. The minimum absolute atomic E-state index is 0.101. The maximum Gasteiger partial charge on any atom is 0.166 e. The second kappa shape index (κ2) is 5.96. The van der Waals surface area contributed by atoms with Crippen LogP contribution in [0.4, 0.5) is 0 Å². The number of pyridine rings is 1. The Hall–Kier alpha value is -2.16. The molecule has 0 atom stereocenters. The molecule has 1 aromatic heterocycles. The van der Waals surface area contributed by atoms with Gasteiger partial charge in [-0.15, -0.1) is 0 Å². The second-order valence-corrected chi connectivity index (χ2v) is 3.98. The summed E-state index contributed by atoms with van der Waals surface area (Å²) in [5.74, 6) is 0.737. The van der Waals surface area contributed by atoms with Gasteiger partial charge in [0.15, 0.2) is 5.78 Å². The molecule has 0 bridgehead atoms. The maximum atomic E-state index is 12.1. The third-order valence-corrected chi connectivity index (χ3v) is 2.80. The van der Waals surface area contributed by atoms with E-state index in [0.29, 0.717) is 17.7 Å². The van der Waals surface area contributed by atoms with Crippen LogP contribution in [-0.4, -0.2) is 17.9 Å². The summed E-state index contributed by atoms with van der Waals surface area (Å²) in [4.78, 5) is 16.1. The molecular weight excluding hydrogens is 226 g/mol. The van der Waals surface area contributed by atoms with Gasteiger partial charge in [-0.3, -0.25) is 9.78 Å². The van der Waals surface area contributed by atoms with Crippen LogP contribution in [-0.2, 0) is 6.42 Å². The smallest absolute Gasteiger partial charge is 0.166 e. The molecule has 2 rings (SSSR count). The van der Waals surface area contributed by atoms with Gasteiger partial charge in [-0.1, -0.05) is 12.1 Å². The summed E-state index contributed by atoms with van der Waals surface area (Å²) >= 11 is 0. The van der Waals surface area contributed by atoms with Crippen LogP contribution < -0.4 is 4.74 Å². The zero-order chi connectivity index (χ0) is 12.8. The topological polar surface area (TPSA) is 39.2 Å². The van der Waals surface area contributed by atoms with Crippen molar-refractivity contribution in [3.8, 4) is 5.75 Å². The van der Waals surface area contributed by atoms with Gasteiger partial charge in [-0.25, -0.2) is 0 Å². The predicted octanol–water partition coefficient (Wildman–Crippen LogP) is 2.91. The molecule has 1 heterocycles. The van der Waals surface area contributed by atoms with Gasteiger partial charge in [0.25, 0.3) is 0 Å². The van der Waals surface area contributed by atoms with Gasteiger partial charge in [0.2, 0.25) is 0 Å². The number of ketones is 1. The molecule has 0 saturated carbocycles. The Bertz CT molecular complexity index is 523. The Balaban J connectivity index is 2.04. The number of methoxy groups -OCH3 is 1. The average Bonchev–Trinajstić information content (AvgIpc) is 2.45. The molecule has 1 aromatic carbocycles. The van der Waals surface area contributed by atoms with E-state index < -0.39 is 0 Å². The van der Waals surface area contributed by atoms with E-state index in [2.05, 4.69) is 4.98 Å². The van der Waals surface area contributed by atoms with Crippen molar-refractivity contribution in [3.63, 3.8) is 0 Å². The molecule has 0 unspecified atom stereocenters. The Labute approximate surface area is 106 Å². The SMILES string of the molecule is COc1ccccc1C(=O)CCc1ccncc1. The molecule has 3 nitrogen and oxygen atoms in total. The Morgan fingerprint density at radius 2 is 1.89 bits per heavy atom. The molecule has 0 N–H and O–H groups in total. The van der Waals surface area contributed by atoms with Crippen LogP contribution in [0.15, 0.2) is 48.8 Å². The summed E-state index contributed by atoms with van der Waals surface area (Å²) in [6.07, 6.45) is 4.68. The van der Waals surface area contributed by atoms with Crippen LogP contribution in [0.25, 0.3) is 0 Å². The first-order chi connectivity index (χ1) is 8.81. The highest BCUT2D eigenvalue weighted by Gasteiger charge is 2.11. The lowest BCUT2D eigenvalue weighted by Crippen LogP contribution is -2.03. The van der Waals surface area contributed by atoms with Crippen LogP contribution in [0.3, 0.4) is 0 Å². The first-order valence-corrected chi connectivity index (χ1v) is 5.86. The summed E-state index contributed by atoms with van der Waals surface area (Å²) in [5, 5.41) is 0. The summed E-state index contributed by atoms with van der Waals surface area (Å²) in [6, 6.07) is 11.2. The summed E-state index contributed by atoms with van der Waals surface area (Å²) in [5.41, 5.74) is 1.77. The fourth-order valence-electron chi connectivity index (χ4n) is 1.82. The fourth-order valence-corrected chi connectivity index (χ4v) is 1.82. The number of para-hydroxylation sites is 1. The molecule has 0 amide bonds. The molecule has 0 fully saturated rings. The molecule has 0 radical (unpaired) electrons. The van der Waals surface area contributed by atoms with Crippen LogP contribution in [0.5, 0.6) is 5.75 Å². The molecule has 0 saturated heterocycles. The third-order valence-electron chi connectivity index (χ3n) is 2.80. The standard InChI is InChI=1S/C15H15NO2/c1-18-15-5-3-2-4-13(15)14(17)7-6-12-8-10-16-11-9-12/h2-5,8-11H,6-7H2,1H3. The van der Waals surface area contributed by atoms with Crippen molar-refractivity contribution in [2.45, 2.75) is 12.8 Å². The number of carbonyl (C=O) groups is 1. The number of Topliss-reactive ketones (excluding diaryl/α,β-unsaturated/α-hetero) is 1. The molecular formula is C15H15NO2. The minimum atomic E-state index is 0.101. The van der Waals surface area contributed by atoms with Gasteiger partial charge in [-0.05, 0) is 36.2 Å². The maximum absolute atomic E-state index is 12.1. The van der Waals surface area contributed by atoms with E-state index >= 15 is 0 Å². The lowest BCUT2D eigenvalue weighted by molar-refractivity contribution is 0.0980. The van der Waals surface area contributed by atoms with Crippen LogP contribution in [0.2, 0.25) is 0 Å². The van der Waals surface area contributed by atoms with E-state index in [1.165, 1.54) is 0 Å². The van der Waals surface area contributed by atoms with Crippen molar-refractivity contribution in [2.75, 3.05) is 7.11 Å². The lowest BCUT2D eigenvalue weighted by atomic mass is 10.0. The van der Waals surface area contributed by atoms with Crippen LogP contribution in [0, 0.1) is 0 Å². The molecule has 18 heavy (non-hydrogen) atoms. The number of hydrogen-bond donors (Lipinski definition) is 0. The highest BCUT2D eigenvalue weighted by Crippen LogP contribution is 2.19. The number of rotatable bonds is 5. The van der Waals surface area contributed by atoms with Gasteiger partial charge >= 0.3 is 0 Å². The molecule has 0 aliphatic heterocycles. The van der Waals surface area contributed by atoms with E-state index in [9.17, 15) is 4.79 Å². The van der Waals surface area contributed by atoms with Crippen molar-refractivity contribution < 1.29 is 9.53 Å². The van der Waals surface area contributed by atoms with Gasteiger partial charge in [0.05, 0.1) is 12.7 Å². The number of aryl methyl sites for hydroxylation is 1. The Morgan fingerprint density at radius 1 is 1.17 bits per heavy atom. The number of hydrogen-bond acceptors (Lipinski definition) is 3. The first-order valence-electron chi connectivity index (χ1n) is 5.86. The van der Waals surface area contributed by atoms with Crippen LogP contribution >= 0.6 is 0 Å². The van der Waals surface area contributed by atoms with Gasteiger partial charge in [0.1, 0.15) is 5.75 Å². The number of benzene rings is 1. The van der Waals surface area contributed by atoms with Gasteiger partial charge < -0.3 is 4.74 Å². The number of ether oxygens (including phenoxy) is 1. The number of aromatic nitrogens is 1. The van der Waals surface area contributed by atoms with Crippen molar-refractivity contribution in [1.82, 2.24) is 4.98 Å². The molecule has 0 aliphatic rings. The normalized spacial score (nSPS) is 10.1. The summed E-state index contributed by atoms with van der Waals surface area (Å²) in [6.45, 7) is 0. The highest BCUT2D eigenvalue weighted by atomic mass is 16.5. The average molecular weight is 241 g/mol. The van der Waals surface area contributed by atoms with Gasteiger partial charge in [-0.2, -0.15) is 0 Å². The molecule has 0 aliphatic carbocycles. The summed E-state index contributed by atoms with van der Waals surface area (Å²) in [7, 11) is 1.58. The number of nitrogens with zero attached hydrogens (tertiary/aromatic N) is 1. The highest BCUT2D eigenvalue weighted by molar-refractivity contribution is 5.98. The van der Waals surface area contributed by atoms with Crippen molar-refractivity contribution >= 4 is 5.78 Å². The van der Waals surface area contributed by atoms with E-state index in [0.717, 1.165) is 12.0 Å². The van der Waals surface area contributed by atoms with Crippen LogP contribution in [0.1, 0.15) is 22.3 Å². The second-order valence-electron chi connectivity index (χ2n) is 3.98. The van der Waals surface area contributed by atoms with E-state index in [1.54, 1.807) is 31.6 Å². The van der Waals surface area contributed by atoms with Crippen molar-refractivity contribution in [3.05, 3.63) is 59.9 Å². The minimum Gasteiger partial charge on any atom is -0.496 e. The van der Waals surface area contributed by atoms with E-state index in [4.69, 9.17) is 4.74 Å². The zero-order valence-electron chi connectivity index (χ0n) is 10.3. The molecule has 92 valence electrons. The molecule has 2 aromatic rings. The Kier molecular flexibility index (Phi) is 4.07. The lowest BCUT2D eigenvalue weighted by Gasteiger charge is -2.07. The van der Waals surface area contributed by atoms with Crippen molar-refractivity contribution in [2.24, 2.45) is 0 Å². The number of carbonyl (C=O) groups excluding carboxylic acids is 1. The molecule has 3 heteroatoms. The Morgan fingerprint density at radius 3 is 2.61 bits per heavy atom. The fraction of sp³-hybridized carbons (Fsp3) is 0.200. The summed E-state index contributed by atoms with van der Waals surface area (Å²) < 4.78 is 5.19. The first kappa shape index (κ1) is 12.3. The van der Waals surface area contributed by atoms with E-state index in [-0.39, 0.29) is 5.78 Å². The zero-order valence-corrected chi connectivity index (χ0v) is 10.3. The monoisotopic (exact) mass is 241 g/mol. The molecule has 0 spiro atoms. The van der Waals surface area contributed by atoms with Gasteiger partial charge in [0, 0.05) is 18.8 Å². The third kappa shape index (κ3) is 2.94. The van der Waals surface area contributed by atoms with E-state index in [1.807, 2.05) is 24.3 Å². The van der Waals surface area contributed by atoms with Crippen molar-refractivity contribution in [1.29, 1.82) is 0 Å². The predicted molar refractivity (Wildman–Crippen MR) is 69.9 cm³/mol. The largest absolute Gasteiger partial charge is 0.496 e.